The maximum Gasteiger partial charge on any atom is 0.0726 e. The Kier molecular flexibility index (Phi) is 5.91. The molecule has 0 bridgehead atoms. The third-order valence-corrected chi connectivity index (χ3v) is 3.91. The SMILES string of the molecule is CC(C)CNCc1ccc(Cl)cc1N1CC(C)OC(C)C1. The summed E-state index contributed by atoms with van der Waals surface area (Å²) in [7, 11) is 0. The first kappa shape index (κ1) is 16.6. The summed E-state index contributed by atoms with van der Waals surface area (Å²) in [6.07, 6.45) is 0.508. The maximum atomic E-state index is 6.21. The van der Waals surface area contributed by atoms with E-state index in [-0.39, 0.29) is 12.2 Å². The Hall–Kier alpha value is -0.770. The first-order chi connectivity index (χ1) is 9.95. The Labute approximate surface area is 133 Å². The van der Waals surface area contributed by atoms with Crippen molar-refractivity contribution in [1.82, 2.24) is 5.32 Å². The molecule has 3 nitrogen and oxygen atoms in total. The lowest BCUT2D eigenvalue weighted by Gasteiger charge is -2.38. The van der Waals surface area contributed by atoms with E-state index in [2.05, 4.69) is 50.0 Å². The quantitative estimate of drug-likeness (QED) is 0.897. The molecule has 2 rings (SSSR count). The van der Waals surface area contributed by atoms with Gasteiger partial charge < -0.3 is 15.0 Å². The highest BCUT2D eigenvalue weighted by atomic mass is 35.5. The second-order valence-electron chi connectivity index (χ2n) is 6.46. The van der Waals surface area contributed by atoms with Crippen LogP contribution in [0.1, 0.15) is 33.3 Å². The van der Waals surface area contributed by atoms with Crippen molar-refractivity contribution in [1.29, 1.82) is 0 Å². The Morgan fingerprint density at radius 2 is 1.95 bits per heavy atom. The lowest BCUT2D eigenvalue weighted by atomic mass is 10.1. The topological polar surface area (TPSA) is 24.5 Å². The average molecular weight is 311 g/mol. The van der Waals surface area contributed by atoms with Gasteiger partial charge in [-0.3, -0.25) is 0 Å². The predicted molar refractivity (Wildman–Crippen MR) is 90.2 cm³/mol. The van der Waals surface area contributed by atoms with Crippen LogP contribution in [0.2, 0.25) is 5.02 Å². The van der Waals surface area contributed by atoms with Crippen LogP contribution in [-0.4, -0.2) is 31.8 Å². The van der Waals surface area contributed by atoms with Crippen molar-refractivity contribution in [3.63, 3.8) is 0 Å². The summed E-state index contributed by atoms with van der Waals surface area (Å²) in [5.74, 6) is 0.657. The van der Waals surface area contributed by atoms with Gasteiger partial charge in [0.1, 0.15) is 0 Å². The molecule has 0 saturated carbocycles. The van der Waals surface area contributed by atoms with Crippen LogP contribution in [0.3, 0.4) is 0 Å². The third kappa shape index (κ3) is 4.87. The molecule has 1 aromatic rings. The van der Waals surface area contributed by atoms with Gasteiger partial charge in [0.2, 0.25) is 0 Å². The summed E-state index contributed by atoms with van der Waals surface area (Å²) in [4.78, 5) is 2.40. The molecule has 0 spiro atoms. The molecule has 0 radical (unpaired) electrons. The molecule has 1 fully saturated rings. The number of halogens is 1. The molecule has 118 valence electrons. The molecule has 1 aliphatic heterocycles. The highest BCUT2D eigenvalue weighted by molar-refractivity contribution is 6.30. The van der Waals surface area contributed by atoms with Gasteiger partial charge in [0.25, 0.3) is 0 Å². The van der Waals surface area contributed by atoms with Crippen LogP contribution in [0.4, 0.5) is 5.69 Å². The van der Waals surface area contributed by atoms with E-state index in [4.69, 9.17) is 16.3 Å². The van der Waals surface area contributed by atoms with Crippen LogP contribution in [0.25, 0.3) is 0 Å². The Bertz CT molecular complexity index is 454. The Morgan fingerprint density at radius 1 is 1.29 bits per heavy atom. The van der Waals surface area contributed by atoms with Crippen molar-refractivity contribution >= 4 is 17.3 Å². The van der Waals surface area contributed by atoms with Crippen molar-refractivity contribution in [3.05, 3.63) is 28.8 Å². The normalized spacial score (nSPS) is 22.9. The zero-order chi connectivity index (χ0) is 15.4. The summed E-state index contributed by atoms with van der Waals surface area (Å²) in [5, 5.41) is 4.32. The van der Waals surface area contributed by atoms with Gasteiger partial charge >= 0.3 is 0 Å². The molecule has 1 aromatic carbocycles. The molecule has 2 unspecified atom stereocenters. The zero-order valence-electron chi connectivity index (χ0n) is 13.5. The molecular formula is C17H27ClN2O. The molecule has 21 heavy (non-hydrogen) atoms. The first-order valence-electron chi connectivity index (χ1n) is 7.85. The number of benzene rings is 1. The molecule has 1 aliphatic rings. The van der Waals surface area contributed by atoms with E-state index in [9.17, 15) is 0 Å². The van der Waals surface area contributed by atoms with Crippen LogP contribution >= 0.6 is 11.6 Å². The Morgan fingerprint density at radius 3 is 2.57 bits per heavy atom. The minimum Gasteiger partial charge on any atom is -0.372 e. The van der Waals surface area contributed by atoms with Crippen molar-refractivity contribution in [2.24, 2.45) is 5.92 Å². The number of hydrogen-bond acceptors (Lipinski definition) is 3. The number of rotatable bonds is 5. The summed E-state index contributed by atoms with van der Waals surface area (Å²) >= 11 is 6.21. The lowest BCUT2D eigenvalue weighted by molar-refractivity contribution is -0.00526. The van der Waals surface area contributed by atoms with E-state index in [0.717, 1.165) is 31.2 Å². The summed E-state index contributed by atoms with van der Waals surface area (Å²) in [5.41, 5.74) is 2.54. The summed E-state index contributed by atoms with van der Waals surface area (Å²) in [6, 6.07) is 6.19. The van der Waals surface area contributed by atoms with E-state index < -0.39 is 0 Å². The predicted octanol–water partition coefficient (Wildman–Crippen LogP) is 3.70. The van der Waals surface area contributed by atoms with E-state index in [0.29, 0.717) is 5.92 Å². The molecule has 0 aromatic heterocycles. The lowest BCUT2D eigenvalue weighted by Crippen LogP contribution is -2.46. The van der Waals surface area contributed by atoms with Crippen molar-refractivity contribution in [3.8, 4) is 0 Å². The minimum atomic E-state index is 0.254. The molecule has 0 aliphatic carbocycles. The van der Waals surface area contributed by atoms with Crippen molar-refractivity contribution in [2.45, 2.75) is 46.4 Å². The third-order valence-electron chi connectivity index (χ3n) is 3.68. The van der Waals surface area contributed by atoms with E-state index in [1.165, 1.54) is 11.3 Å². The molecular weight excluding hydrogens is 284 g/mol. The maximum absolute atomic E-state index is 6.21. The Balaban J connectivity index is 2.14. The van der Waals surface area contributed by atoms with Gasteiger partial charge in [-0.05, 0) is 44.0 Å². The molecule has 4 heteroatoms. The van der Waals surface area contributed by atoms with Gasteiger partial charge in [-0.15, -0.1) is 0 Å². The highest BCUT2D eigenvalue weighted by Crippen LogP contribution is 2.27. The number of nitrogens with zero attached hydrogens (tertiary/aromatic N) is 1. The van der Waals surface area contributed by atoms with Gasteiger partial charge in [0, 0.05) is 30.3 Å². The highest BCUT2D eigenvalue weighted by Gasteiger charge is 2.24. The van der Waals surface area contributed by atoms with E-state index >= 15 is 0 Å². The first-order valence-corrected chi connectivity index (χ1v) is 8.23. The van der Waals surface area contributed by atoms with Crippen LogP contribution in [0, 0.1) is 5.92 Å². The second kappa shape index (κ2) is 7.48. The number of nitrogens with one attached hydrogen (secondary N) is 1. The van der Waals surface area contributed by atoms with Gasteiger partial charge in [-0.25, -0.2) is 0 Å². The van der Waals surface area contributed by atoms with E-state index in [1.807, 2.05) is 6.07 Å². The number of morpholine rings is 1. The van der Waals surface area contributed by atoms with Gasteiger partial charge in [0.05, 0.1) is 12.2 Å². The van der Waals surface area contributed by atoms with Gasteiger partial charge in [-0.2, -0.15) is 0 Å². The standard InChI is InChI=1S/C17H27ClN2O/c1-12(2)8-19-9-15-5-6-16(18)7-17(15)20-10-13(3)21-14(4)11-20/h5-7,12-14,19H,8-11H2,1-4H3. The van der Waals surface area contributed by atoms with Crippen LogP contribution in [-0.2, 0) is 11.3 Å². The van der Waals surface area contributed by atoms with Crippen LogP contribution < -0.4 is 10.2 Å². The van der Waals surface area contributed by atoms with Crippen molar-refractivity contribution < 1.29 is 4.74 Å². The van der Waals surface area contributed by atoms with Crippen LogP contribution in [0.5, 0.6) is 0 Å². The van der Waals surface area contributed by atoms with Gasteiger partial charge in [0.15, 0.2) is 0 Å². The number of ether oxygens (including phenoxy) is 1. The molecule has 0 amide bonds. The summed E-state index contributed by atoms with van der Waals surface area (Å²) < 4.78 is 5.83. The smallest absolute Gasteiger partial charge is 0.0726 e. The fourth-order valence-electron chi connectivity index (χ4n) is 2.85. The van der Waals surface area contributed by atoms with Crippen molar-refractivity contribution in [2.75, 3.05) is 24.5 Å². The fraction of sp³-hybridized carbons (Fsp3) is 0.647. The molecule has 1 heterocycles. The molecule has 1 N–H and O–H groups in total. The minimum absolute atomic E-state index is 0.254. The van der Waals surface area contributed by atoms with E-state index in [1.54, 1.807) is 0 Å². The van der Waals surface area contributed by atoms with Crippen LogP contribution in [0.15, 0.2) is 18.2 Å². The molecule has 1 saturated heterocycles. The molecule has 2 atom stereocenters. The second-order valence-corrected chi connectivity index (χ2v) is 6.90. The average Bonchev–Trinajstić information content (AvgIpc) is 2.39. The number of hydrogen-bond donors (Lipinski definition) is 1. The van der Waals surface area contributed by atoms with Gasteiger partial charge in [-0.1, -0.05) is 31.5 Å². The fourth-order valence-corrected chi connectivity index (χ4v) is 3.02. The largest absolute Gasteiger partial charge is 0.372 e. The number of anilines is 1. The monoisotopic (exact) mass is 310 g/mol. The zero-order valence-corrected chi connectivity index (χ0v) is 14.3. The summed E-state index contributed by atoms with van der Waals surface area (Å²) in [6.45, 7) is 12.4.